The average molecular weight is 258 g/mol. The summed E-state index contributed by atoms with van der Waals surface area (Å²) in [4.78, 5) is 12.3. The topological polar surface area (TPSA) is 41.1 Å². The van der Waals surface area contributed by atoms with Crippen LogP contribution in [-0.4, -0.2) is 13.0 Å². The minimum Gasteiger partial charge on any atom is -0.326 e. The van der Waals surface area contributed by atoms with Crippen molar-refractivity contribution in [2.45, 2.75) is 32.2 Å². The maximum Gasteiger partial charge on any atom is 0.228 e. The maximum absolute atomic E-state index is 12.3. The Kier molecular flexibility index (Phi) is 3.56. The normalized spacial score (nSPS) is 28.6. The van der Waals surface area contributed by atoms with Crippen LogP contribution >= 0.6 is 0 Å². The zero-order chi connectivity index (χ0) is 13.2. The number of carbonyl (C=O) groups is 1. The van der Waals surface area contributed by atoms with Crippen LogP contribution in [0.5, 0.6) is 0 Å². The number of nitrogens with one attached hydrogen (secondary N) is 2. The quantitative estimate of drug-likeness (QED) is 0.872. The van der Waals surface area contributed by atoms with Crippen molar-refractivity contribution in [3.8, 4) is 0 Å². The van der Waals surface area contributed by atoms with Crippen molar-refractivity contribution >= 4 is 11.6 Å². The minimum absolute atomic E-state index is 0.235. The van der Waals surface area contributed by atoms with E-state index in [4.69, 9.17) is 0 Å². The third kappa shape index (κ3) is 2.66. The first-order valence-electron chi connectivity index (χ1n) is 7.34. The number of carbonyl (C=O) groups excluding carboxylic acids is 1. The summed E-state index contributed by atoms with van der Waals surface area (Å²) in [6.45, 7) is 0.832. The molecule has 19 heavy (non-hydrogen) atoms. The van der Waals surface area contributed by atoms with Gasteiger partial charge in [-0.05, 0) is 49.4 Å². The summed E-state index contributed by atoms with van der Waals surface area (Å²) in [6.07, 6.45) is 5.12. The molecular weight excluding hydrogens is 236 g/mol. The molecule has 0 aliphatic heterocycles. The molecule has 0 saturated heterocycles. The number of rotatable bonds is 4. The molecule has 102 valence electrons. The molecule has 0 aromatic heterocycles. The molecule has 0 spiro atoms. The molecule has 0 heterocycles. The van der Waals surface area contributed by atoms with E-state index in [2.05, 4.69) is 22.8 Å². The smallest absolute Gasteiger partial charge is 0.228 e. The van der Waals surface area contributed by atoms with E-state index in [9.17, 15) is 4.79 Å². The second kappa shape index (κ2) is 5.33. The summed E-state index contributed by atoms with van der Waals surface area (Å²) in [5, 5.41) is 6.22. The van der Waals surface area contributed by atoms with Gasteiger partial charge in [0.2, 0.25) is 5.91 Å². The highest BCUT2D eigenvalue weighted by Crippen LogP contribution is 2.55. The van der Waals surface area contributed by atoms with Crippen LogP contribution in [0.4, 0.5) is 5.69 Å². The molecule has 3 heteroatoms. The van der Waals surface area contributed by atoms with Gasteiger partial charge in [0.25, 0.3) is 0 Å². The van der Waals surface area contributed by atoms with E-state index in [1.807, 2.05) is 19.2 Å². The van der Waals surface area contributed by atoms with Crippen molar-refractivity contribution in [1.29, 1.82) is 0 Å². The second-order valence-corrected chi connectivity index (χ2v) is 5.86. The number of benzene rings is 1. The van der Waals surface area contributed by atoms with Crippen molar-refractivity contribution in [2.75, 3.05) is 12.4 Å². The standard InChI is InChI=1S/C16H22N2O/c1-17-10-11-5-4-6-12(9-11)18-16(19)15-13-7-2-3-8-14(13)15/h4-6,9,13-15,17H,2-3,7-8,10H2,1H3,(H,18,19). The van der Waals surface area contributed by atoms with Gasteiger partial charge in [0.05, 0.1) is 0 Å². The molecule has 3 nitrogen and oxygen atoms in total. The van der Waals surface area contributed by atoms with E-state index in [-0.39, 0.29) is 11.8 Å². The van der Waals surface area contributed by atoms with Crippen molar-refractivity contribution in [2.24, 2.45) is 17.8 Å². The molecule has 1 amide bonds. The van der Waals surface area contributed by atoms with Gasteiger partial charge in [0.15, 0.2) is 0 Å². The highest BCUT2D eigenvalue weighted by atomic mass is 16.2. The highest BCUT2D eigenvalue weighted by molar-refractivity contribution is 5.95. The first-order chi connectivity index (χ1) is 9.29. The first kappa shape index (κ1) is 12.7. The minimum atomic E-state index is 0.235. The number of hydrogen-bond acceptors (Lipinski definition) is 2. The summed E-state index contributed by atoms with van der Waals surface area (Å²) >= 11 is 0. The van der Waals surface area contributed by atoms with Crippen molar-refractivity contribution in [3.63, 3.8) is 0 Å². The molecule has 2 atom stereocenters. The predicted octanol–water partition coefficient (Wildman–Crippen LogP) is 2.78. The van der Waals surface area contributed by atoms with Crippen LogP contribution < -0.4 is 10.6 Å². The van der Waals surface area contributed by atoms with Gasteiger partial charge in [-0.15, -0.1) is 0 Å². The zero-order valence-electron chi connectivity index (χ0n) is 11.5. The summed E-state index contributed by atoms with van der Waals surface area (Å²) < 4.78 is 0. The molecular formula is C16H22N2O. The fourth-order valence-corrected chi connectivity index (χ4v) is 3.57. The second-order valence-electron chi connectivity index (χ2n) is 5.86. The molecule has 2 fully saturated rings. The van der Waals surface area contributed by atoms with Gasteiger partial charge in [0.1, 0.15) is 0 Å². The fraction of sp³-hybridized carbons (Fsp3) is 0.562. The van der Waals surface area contributed by atoms with Gasteiger partial charge in [0, 0.05) is 18.2 Å². The Morgan fingerprint density at radius 2 is 2.00 bits per heavy atom. The lowest BCUT2D eigenvalue weighted by molar-refractivity contribution is -0.117. The van der Waals surface area contributed by atoms with E-state index >= 15 is 0 Å². The largest absolute Gasteiger partial charge is 0.326 e. The molecule has 0 radical (unpaired) electrons. The van der Waals surface area contributed by atoms with Crippen LogP contribution in [0.1, 0.15) is 31.2 Å². The Labute approximate surface area is 114 Å². The van der Waals surface area contributed by atoms with E-state index < -0.39 is 0 Å². The maximum atomic E-state index is 12.3. The Hall–Kier alpha value is -1.35. The number of anilines is 1. The first-order valence-corrected chi connectivity index (χ1v) is 7.34. The van der Waals surface area contributed by atoms with Gasteiger partial charge in [-0.1, -0.05) is 25.0 Å². The van der Waals surface area contributed by atoms with Crippen molar-refractivity contribution in [3.05, 3.63) is 29.8 Å². The molecule has 1 aromatic rings. The van der Waals surface area contributed by atoms with Crippen molar-refractivity contribution in [1.82, 2.24) is 5.32 Å². The lowest BCUT2D eigenvalue weighted by Gasteiger charge is -2.07. The molecule has 2 unspecified atom stereocenters. The third-order valence-electron chi connectivity index (χ3n) is 4.53. The summed E-state index contributed by atoms with van der Waals surface area (Å²) in [6, 6.07) is 8.11. The Bertz CT molecular complexity index is 460. The number of fused-ring (bicyclic) bond motifs is 1. The van der Waals surface area contributed by atoms with Crippen LogP contribution in [-0.2, 0) is 11.3 Å². The average Bonchev–Trinajstić information content (AvgIpc) is 3.14. The molecule has 2 aliphatic carbocycles. The Balaban J connectivity index is 1.62. The van der Waals surface area contributed by atoms with E-state index in [1.54, 1.807) is 0 Å². The van der Waals surface area contributed by atoms with Crippen LogP contribution in [0.15, 0.2) is 24.3 Å². The molecule has 1 aromatic carbocycles. The van der Waals surface area contributed by atoms with Gasteiger partial charge < -0.3 is 10.6 Å². The molecule has 0 bridgehead atoms. The Morgan fingerprint density at radius 1 is 1.26 bits per heavy atom. The molecule has 3 rings (SSSR count). The van der Waals surface area contributed by atoms with E-state index in [0.717, 1.165) is 12.2 Å². The molecule has 2 N–H and O–H groups in total. The number of hydrogen-bond donors (Lipinski definition) is 2. The monoisotopic (exact) mass is 258 g/mol. The van der Waals surface area contributed by atoms with Crippen LogP contribution in [0, 0.1) is 17.8 Å². The molecule has 2 saturated carbocycles. The van der Waals surface area contributed by atoms with Crippen molar-refractivity contribution < 1.29 is 4.79 Å². The summed E-state index contributed by atoms with van der Waals surface area (Å²) in [5.41, 5.74) is 2.13. The van der Waals surface area contributed by atoms with Crippen LogP contribution in [0.25, 0.3) is 0 Å². The van der Waals surface area contributed by atoms with Gasteiger partial charge >= 0.3 is 0 Å². The fourth-order valence-electron chi connectivity index (χ4n) is 3.57. The van der Waals surface area contributed by atoms with E-state index in [1.165, 1.54) is 31.2 Å². The number of amides is 1. The van der Waals surface area contributed by atoms with Crippen LogP contribution in [0.3, 0.4) is 0 Å². The summed E-state index contributed by atoms with van der Waals surface area (Å²) in [5.74, 6) is 1.87. The zero-order valence-corrected chi connectivity index (χ0v) is 11.5. The lowest BCUT2D eigenvalue weighted by atomic mass is 10.0. The predicted molar refractivity (Wildman–Crippen MR) is 76.8 cm³/mol. The lowest BCUT2D eigenvalue weighted by Crippen LogP contribution is -2.16. The Morgan fingerprint density at radius 3 is 2.68 bits per heavy atom. The summed E-state index contributed by atoms with van der Waals surface area (Å²) in [7, 11) is 1.93. The van der Waals surface area contributed by atoms with Gasteiger partial charge in [-0.25, -0.2) is 0 Å². The SMILES string of the molecule is CNCc1cccc(NC(=O)C2C3CCCCC32)c1. The van der Waals surface area contributed by atoms with E-state index in [0.29, 0.717) is 11.8 Å². The van der Waals surface area contributed by atoms with Crippen LogP contribution in [0.2, 0.25) is 0 Å². The third-order valence-corrected chi connectivity index (χ3v) is 4.53. The van der Waals surface area contributed by atoms with Gasteiger partial charge in [-0.2, -0.15) is 0 Å². The molecule has 2 aliphatic rings. The van der Waals surface area contributed by atoms with Gasteiger partial charge in [-0.3, -0.25) is 4.79 Å². The highest BCUT2D eigenvalue weighted by Gasteiger charge is 2.54.